The third-order valence-corrected chi connectivity index (χ3v) is 6.92. The Labute approximate surface area is 184 Å². The Bertz CT molecular complexity index is 659. The molecular weight excluding hydrogens is 409 g/mol. The van der Waals surface area contributed by atoms with E-state index < -0.39 is 0 Å². The number of hydrogen-bond acceptors (Lipinski definition) is 4. The molecule has 1 amide bonds. The van der Waals surface area contributed by atoms with Gasteiger partial charge in [0.05, 0.1) is 22.3 Å². The van der Waals surface area contributed by atoms with Gasteiger partial charge < -0.3 is 19.4 Å². The lowest BCUT2D eigenvalue weighted by Crippen LogP contribution is -2.46. The van der Waals surface area contributed by atoms with Crippen molar-refractivity contribution in [2.24, 2.45) is 0 Å². The van der Waals surface area contributed by atoms with Crippen LogP contribution >= 0.6 is 23.2 Å². The van der Waals surface area contributed by atoms with Crippen LogP contribution in [0.4, 0.5) is 10.5 Å². The average molecular weight is 442 g/mol. The van der Waals surface area contributed by atoms with Crippen molar-refractivity contribution in [1.29, 1.82) is 0 Å². The maximum atomic E-state index is 11.4. The summed E-state index contributed by atoms with van der Waals surface area (Å²) in [7, 11) is 0. The van der Waals surface area contributed by atoms with E-state index in [1.165, 1.54) is 32.1 Å². The summed E-state index contributed by atoms with van der Waals surface area (Å²) in [5, 5.41) is 1.31. The van der Waals surface area contributed by atoms with Gasteiger partial charge in [0.1, 0.15) is 0 Å². The van der Waals surface area contributed by atoms with Crippen LogP contribution in [0.2, 0.25) is 10.0 Å². The van der Waals surface area contributed by atoms with Gasteiger partial charge in [-0.1, -0.05) is 55.5 Å². The summed E-state index contributed by atoms with van der Waals surface area (Å²) in [5.41, 5.74) is 1.06. The van der Waals surface area contributed by atoms with Crippen LogP contribution < -0.4 is 4.90 Å². The van der Waals surface area contributed by atoms with Crippen molar-refractivity contribution >= 4 is 35.0 Å². The average Bonchev–Trinajstić information content (AvgIpc) is 2.77. The van der Waals surface area contributed by atoms with E-state index in [4.69, 9.17) is 27.9 Å². The molecule has 1 aromatic carbocycles. The minimum atomic E-state index is -0.0850. The summed E-state index contributed by atoms with van der Waals surface area (Å²) in [6.07, 6.45) is 7.15. The summed E-state index contributed by atoms with van der Waals surface area (Å²) in [6, 6.07) is 6.29. The van der Waals surface area contributed by atoms with Crippen molar-refractivity contribution in [3.05, 3.63) is 28.2 Å². The first kappa shape index (κ1) is 22.5. The molecule has 0 unspecified atom stereocenters. The van der Waals surface area contributed by atoms with Crippen LogP contribution in [0.15, 0.2) is 18.2 Å². The third kappa shape index (κ3) is 6.16. The number of nitrogens with zero attached hydrogens (tertiary/aromatic N) is 3. The number of hydrogen-bond donors (Lipinski definition) is 0. The Kier molecular flexibility index (Phi) is 8.76. The van der Waals surface area contributed by atoms with E-state index in [1.54, 1.807) is 0 Å². The maximum absolute atomic E-state index is 11.4. The quantitative estimate of drug-likeness (QED) is 0.637. The molecule has 2 aliphatic heterocycles. The first-order valence-corrected chi connectivity index (χ1v) is 11.7. The number of benzene rings is 1. The van der Waals surface area contributed by atoms with Crippen molar-refractivity contribution in [3.8, 4) is 0 Å². The summed E-state index contributed by atoms with van der Waals surface area (Å²) < 4.78 is 5.03. The fourth-order valence-electron chi connectivity index (χ4n) is 4.33. The van der Waals surface area contributed by atoms with Crippen LogP contribution in [-0.2, 0) is 4.74 Å². The Morgan fingerprint density at radius 1 is 1.00 bits per heavy atom. The molecule has 1 aromatic rings. The van der Waals surface area contributed by atoms with Crippen molar-refractivity contribution in [2.75, 3.05) is 50.8 Å². The van der Waals surface area contributed by atoms with Crippen LogP contribution in [0.3, 0.4) is 0 Å². The third-order valence-electron chi connectivity index (χ3n) is 6.11. The summed E-state index contributed by atoms with van der Waals surface area (Å²) in [5.74, 6) is 0. The highest BCUT2D eigenvalue weighted by Crippen LogP contribution is 2.32. The molecule has 2 heterocycles. The molecule has 1 aliphatic carbocycles. The number of ether oxygens (including phenoxy) is 1. The first-order chi connectivity index (χ1) is 14.1. The zero-order valence-corrected chi connectivity index (χ0v) is 18.9. The van der Waals surface area contributed by atoms with Gasteiger partial charge in [-0.3, -0.25) is 0 Å². The van der Waals surface area contributed by atoms with Crippen LogP contribution in [0.5, 0.6) is 0 Å². The fraction of sp³-hybridized carbons (Fsp3) is 0.682. The van der Waals surface area contributed by atoms with E-state index >= 15 is 0 Å². The Morgan fingerprint density at radius 3 is 2.38 bits per heavy atom. The van der Waals surface area contributed by atoms with Gasteiger partial charge in [-0.2, -0.15) is 0 Å². The summed E-state index contributed by atoms with van der Waals surface area (Å²) in [6.45, 7) is 9.07. The monoisotopic (exact) mass is 441 g/mol. The largest absolute Gasteiger partial charge is 0.449 e. The van der Waals surface area contributed by atoms with Gasteiger partial charge >= 0.3 is 6.09 Å². The zero-order valence-electron chi connectivity index (χ0n) is 17.4. The second-order valence-electron chi connectivity index (χ2n) is 7.95. The van der Waals surface area contributed by atoms with Gasteiger partial charge in [0, 0.05) is 38.8 Å². The molecule has 3 aliphatic rings. The number of carbonyl (C=O) groups is 1. The molecule has 0 radical (unpaired) electrons. The number of anilines is 1. The zero-order chi connectivity index (χ0) is 20.6. The van der Waals surface area contributed by atoms with Gasteiger partial charge in [0.2, 0.25) is 0 Å². The van der Waals surface area contributed by atoms with E-state index in [9.17, 15) is 4.79 Å². The Balaban J connectivity index is 0.000000169. The number of halogens is 2. The summed E-state index contributed by atoms with van der Waals surface area (Å²) >= 11 is 12.2. The van der Waals surface area contributed by atoms with Crippen LogP contribution in [0.1, 0.15) is 45.4 Å². The Morgan fingerprint density at radius 2 is 1.72 bits per heavy atom. The van der Waals surface area contributed by atoms with Crippen LogP contribution in [0, 0.1) is 0 Å². The SMILES string of the molecule is CCN1CCN(c2cccc(Cl)c2Cl)CC1.O=C1OCCCN1C1CCCCC1. The highest BCUT2D eigenvalue weighted by Gasteiger charge is 2.28. The second-order valence-corrected chi connectivity index (χ2v) is 8.73. The lowest BCUT2D eigenvalue weighted by atomic mass is 9.94. The molecule has 0 aromatic heterocycles. The van der Waals surface area contributed by atoms with Crippen molar-refractivity contribution < 1.29 is 9.53 Å². The molecule has 3 fully saturated rings. The molecule has 162 valence electrons. The normalized spacial score (nSPS) is 21.4. The highest BCUT2D eigenvalue weighted by atomic mass is 35.5. The molecule has 1 saturated carbocycles. The van der Waals surface area contributed by atoms with Crippen molar-refractivity contribution in [3.63, 3.8) is 0 Å². The molecular formula is C22H33Cl2N3O2. The maximum Gasteiger partial charge on any atom is 0.410 e. The number of carbonyl (C=O) groups excluding carboxylic acids is 1. The van der Waals surface area contributed by atoms with Gasteiger partial charge in [-0.05, 0) is 37.9 Å². The molecule has 0 atom stereocenters. The van der Waals surface area contributed by atoms with E-state index in [0.29, 0.717) is 22.7 Å². The summed E-state index contributed by atoms with van der Waals surface area (Å²) in [4.78, 5) is 18.1. The lowest BCUT2D eigenvalue weighted by molar-refractivity contribution is 0.0470. The molecule has 4 rings (SSSR count). The van der Waals surface area contributed by atoms with Gasteiger partial charge in [0.25, 0.3) is 0 Å². The molecule has 0 N–H and O–H groups in total. The first-order valence-electron chi connectivity index (χ1n) is 10.9. The van der Waals surface area contributed by atoms with E-state index in [0.717, 1.165) is 51.4 Å². The highest BCUT2D eigenvalue weighted by molar-refractivity contribution is 6.43. The van der Waals surface area contributed by atoms with Crippen LogP contribution in [0.25, 0.3) is 0 Å². The van der Waals surface area contributed by atoms with Crippen LogP contribution in [-0.4, -0.2) is 67.8 Å². The molecule has 29 heavy (non-hydrogen) atoms. The predicted octanol–water partition coefficient (Wildman–Crippen LogP) is 5.30. The van der Waals surface area contributed by atoms with E-state index in [2.05, 4.69) is 16.7 Å². The van der Waals surface area contributed by atoms with Gasteiger partial charge in [-0.25, -0.2) is 4.79 Å². The van der Waals surface area contributed by atoms with Crippen molar-refractivity contribution in [2.45, 2.75) is 51.5 Å². The lowest BCUT2D eigenvalue weighted by Gasteiger charge is -2.36. The van der Waals surface area contributed by atoms with Crippen molar-refractivity contribution in [1.82, 2.24) is 9.80 Å². The number of piperazine rings is 1. The van der Waals surface area contributed by atoms with E-state index in [1.807, 2.05) is 23.1 Å². The second kappa shape index (κ2) is 11.3. The minimum absolute atomic E-state index is 0.0850. The topological polar surface area (TPSA) is 36.0 Å². The number of amides is 1. The number of likely N-dealkylation sites (N-methyl/N-ethyl adjacent to an activating group) is 1. The smallest absolute Gasteiger partial charge is 0.410 e. The fourth-order valence-corrected chi connectivity index (χ4v) is 4.75. The molecule has 2 saturated heterocycles. The predicted molar refractivity (Wildman–Crippen MR) is 120 cm³/mol. The van der Waals surface area contributed by atoms with E-state index in [-0.39, 0.29) is 6.09 Å². The van der Waals surface area contributed by atoms with Gasteiger partial charge in [0.15, 0.2) is 0 Å². The molecule has 0 spiro atoms. The molecule has 7 heteroatoms. The molecule has 5 nitrogen and oxygen atoms in total. The minimum Gasteiger partial charge on any atom is -0.449 e. The standard InChI is InChI=1S/C12H16Cl2N2.C10H17NO2/c1-2-15-6-8-16(9-7-15)11-5-3-4-10(13)12(11)14;12-10-11(7-4-8-13-10)9-5-2-1-3-6-9/h3-5H,2,6-9H2,1H3;9H,1-8H2. The molecule has 0 bridgehead atoms. The van der Waals surface area contributed by atoms with Gasteiger partial charge in [-0.15, -0.1) is 0 Å². The Hall–Kier alpha value is -1.17. The number of cyclic esters (lactones) is 1. The number of rotatable bonds is 3.